The maximum Gasteiger partial charge on any atom is 0.332 e. The number of anilines is 2. The summed E-state index contributed by atoms with van der Waals surface area (Å²) < 4.78 is 19.6. The van der Waals surface area contributed by atoms with Gasteiger partial charge in [0.1, 0.15) is 0 Å². The van der Waals surface area contributed by atoms with Crippen molar-refractivity contribution in [3.05, 3.63) is 170 Å². The highest BCUT2D eigenvalue weighted by Gasteiger charge is 2.42. The molecule has 0 unspecified atom stereocenters. The standard InChI is InChI=1S/C46H28BN3S/c1-3-16-30(17-4-1)43-35-23-11-13-25-38(35)48-46(49-43)50-44-42(34-22-10-9-21-33(34)40-36-24-12-14-26-39(36)51-45(40)44)41-32-20-8-7-15-29(32)27-28-37(41)47(50)31-18-5-2-6-19-31/h1-28H/i1D,16D. The van der Waals surface area contributed by atoms with Gasteiger partial charge in [0.25, 0.3) is 0 Å². The van der Waals surface area contributed by atoms with Crippen molar-refractivity contribution in [1.29, 1.82) is 0 Å². The van der Waals surface area contributed by atoms with E-state index in [0.29, 0.717) is 23.2 Å². The lowest BCUT2D eigenvalue weighted by Crippen LogP contribution is -2.58. The molecule has 1 aliphatic rings. The van der Waals surface area contributed by atoms with E-state index < -0.39 is 0 Å². The maximum atomic E-state index is 8.97. The predicted molar refractivity (Wildman–Crippen MR) is 218 cm³/mol. The number of benzene rings is 8. The number of para-hydroxylation sites is 1. The highest BCUT2D eigenvalue weighted by molar-refractivity contribution is 7.26. The quantitative estimate of drug-likeness (QED) is 0.176. The van der Waals surface area contributed by atoms with Crippen LogP contribution in [0.15, 0.2) is 170 Å². The van der Waals surface area contributed by atoms with Crippen molar-refractivity contribution in [3.8, 4) is 22.4 Å². The molecule has 0 spiro atoms. The Kier molecular flexibility index (Phi) is 5.78. The fourth-order valence-electron chi connectivity index (χ4n) is 8.24. The van der Waals surface area contributed by atoms with Crippen molar-refractivity contribution in [3.63, 3.8) is 0 Å². The average molecular weight is 668 g/mol. The summed E-state index contributed by atoms with van der Waals surface area (Å²) in [6, 6.07) is 55.4. The van der Waals surface area contributed by atoms with E-state index in [0.717, 1.165) is 22.1 Å². The van der Waals surface area contributed by atoms with E-state index in [2.05, 4.69) is 120 Å². The van der Waals surface area contributed by atoms with Gasteiger partial charge in [-0.05, 0) is 44.7 Å². The van der Waals surface area contributed by atoms with Gasteiger partial charge in [-0.2, -0.15) is 0 Å². The first kappa shape index (κ1) is 26.6. The number of fused-ring (bicyclic) bond motifs is 13. The largest absolute Gasteiger partial charge is 0.344 e. The molecule has 0 amide bonds. The summed E-state index contributed by atoms with van der Waals surface area (Å²) in [4.78, 5) is 13.3. The molecule has 0 aliphatic carbocycles. The fraction of sp³-hybridized carbons (Fsp3) is 0. The van der Waals surface area contributed by atoms with Crippen molar-refractivity contribution in [2.24, 2.45) is 0 Å². The third kappa shape index (κ3) is 4.19. The topological polar surface area (TPSA) is 29.0 Å². The second-order valence-corrected chi connectivity index (χ2v) is 14.1. The van der Waals surface area contributed by atoms with Gasteiger partial charge in [-0.3, -0.25) is 0 Å². The minimum absolute atomic E-state index is 0.265. The molecule has 51 heavy (non-hydrogen) atoms. The van der Waals surface area contributed by atoms with Crippen molar-refractivity contribution >= 4 is 93.4 Å². The molecule has 8 aromatic carbocycles. The Morgan fingerprint density at radius 1 is 0.569 bits per heavy atom. The van der Waals surface area contributed by atoms with Crippen LogP contribution in [0.5, 0.6) is 0 Å². The Balaban J connectivity index is 1.36. The van der Waals surface area contributed by atoms with Gasteiger partial charge in [0, 0.05) is 32.0 Å². The van der Waals surface area contributed by atoms with E-state index >= 15 is 0 Å². The van der Waals surface area contributed by atoms with E-state index in [1.807, 2.05) is 41.7 Å². The van der Waals surface area contributed by atoms with Gasteiger partial charge in [-0.1, -0.05) is 163 Å². The van der Waals surface area contributed by atoms with Crippen LogP contribution in [0.2, 0.25) is 0 Å². The van der Waals surface area contributed by atoms with E-state index in [1.165, 1.54) is 58.3 Å². The van der Waals surface area contributed by atoms with E-state index in [9.17, 15) is 0 Å². The summed E-state index contributed by atoms with van der Waals surface area (Å²) in [7, 11) is 0. The molecule has 11 rings (SSSR count). The Morgan fingerprint density at radius 2 is 1.29 bits per heavy atom. The second-order valence-electron chi connectivity index (χ2n) is 13.1. The zero-order valence-electron chi connectivity index (χ0n) is 29.3. The molecule has 236 valence electrons. The zero-order chi connectivity index (χ0) is 35.2. The van der Waals surface area contributed by atoms with Gasteiger partial charge in [-0.15, -0.1) is 11.3 Å². The Morgan fingerprint density at radius 3 is 2.16 bits per heavy atom. The molecule has 3 nitrogen and oxygen atoms in total. The first-order valence-electron chi connectivity index (χ1n) is 18.2. The molecule has 0 fully saturated rings. The van der Waals surface area contributed by atoms with Crippen LogP contribution in [0.3, 0.4) is 0 Å². The monoisotopic (exact) mass is 667 g/mol. The lowest BCUT2D eigenvalue weighted by Gasteiger charge is -2.39. The SMILES string of the molecule is [2H]c1ccc(-c2nc(N3B(c4ccccc4)c4ccc5ccccc5c4-c4c3c3sc5ccccc5c3c3ccccc43)nc3ccccc23)c([2H])c1. The van der Waals surface area contributed by atoms with Gasteiger partial charge >= 0.3 is 6.85 Å². The summed E-state index contributed by atoms with van der Waals surface area (Å²) >= 11 is 1.83. The summed E-state index contributed by atoms with van der Waals surface area (Å²) in [6.45, 7) is -0.266. The van der Waals surface area contributed by atoms with Crippen LogP contribution < -0.4 is 15.7 Å². The Labute approximate surface area is 302 Å². The molecule has 0 radical (unpaired) electrons. The molecular formula is C46H28BN3S. The minimum atomic E-state index is -0.266. The van der Waals surface area contributed by atoms with Gasteiger partial charge in [0.05, 0.1) is 24.3 Å². The Hall–Kier alpha value is -6.30. The first-order chi connectivity index (χ1) is 26.1. The fourth-order valence-corrected chi connectivity index (χ4v) is 9.50. The molecule has 3 heterocycles. The number of rotatable bonds is 3. The van der Waals surface area contributed by atoms with Crippen LogP contribution in [-0.4, -0.2) is 16.8 Å². The third-order valence-electron chi connectivity index (χ3n) is 10.4. The van der Waals surface area contributed by atoms with Crippen molar-refractivity contribution < 1.29 is 2.74 Å². The molecule has 2 aromatic heterocycles. The van der Waals surface area contributed by atoms with Crippen LogP contribution in [0, 0.1) is 0 Å². The molecular weight excluding hydrogens is 637 g/mol. The van der Waals surface area contributed by atoms with Gasteiger partial charge in [-0.25, -0.2) is 9.97 Å². The van der Waals surface area contributed by atoms with Crippen LogP contribution >= 0.6 is 11.3 Å². The summed E-state index contributed by atoms with van der Waals surface area (Å²) in [5, 5.41) is 8.17. The summed E-state index contributed by atoms with van der Waals surface area (Å²) in [5.74, 6) is 0.566. The van der Waals surface area contributed by atoms with E-state index in [4.69, 9.17) is 12.7 Å². The summed E-state index contributed by atoms with van der Waals surface area (Å²) in [6.07, 6.45) is 0. The van der Waals surface area contributed by atoms with Gasteiger partial charge < -0.3 is 4.81 Å². The minimum Gasteiger partial charge on any atom is -0.344 e. The van der Waals surface area contributed by atoms with Crippen molar-refractivity contribution in [2.45, 2.75) is 0 Å². The maximum absolute atomic E-state index is 8.97. The summed E-state index contributed by atoms with van der Waals surface area (Å²) in [5.41, 5.74) is 7.98. The number of hydrogen-bond acceptors (Lipinski definition) is 4. The first-order valence-corrected chi connectivity index (χ1v) is 18.0. The molecule has 0 saturated heterocycles. The number of thiophene rings is 1. The lowest BCUT2D eigenvalue weighted by atomic mass is 9.45. The predicted octanol–water partition coefficient (Wildman–Crippen LogP) is 10.9. The highest BCUT2D eigenvalue weighted by Crippen LogP contribution is 2.54. The van der Waals surface area contributed by atoms with Crippen LogP contribution in [0.4, 0.5) is 11.6 Å². The van der Waals surface area contributed by atoms with E-state index in [-0.39, 0.29) is 12.9 Å². The van der Waals surface area contributed by atoms with Gasteiger partial charge in [0.15, 0.2) is 0 Å². The van der Waals surface area contributed by atoms with Crippen LogP contribution in [0.1, 0.15) is 2.74 Å². The smallest absolute Gasteiger partial charge is 0.332 e. The van der Waals surface area contributed by atoms with Crippen LogP contribution in [-0.2, 0) is 0 Å². The highest BCUT2D eigenvalue weighted by atomic mass is 32.1. The number of hydrogen-bond donors (Lipinski definition) is 0. The lowest BCUT2D eigenvalue weighted by molar-refractivity contribution is 1.16. The third-order valence-corrected chi connectivity index (χ3v) is 11.5. The van der Waals surface area contributed by atoms with Crippen molar-refractivity contribution in [2.75, 3.05) is 4.81 Å². The normalized spacial score (nSPS) is 13.2. The van der Waals surface area contributed by atoms with Gasteiger partial charge in [0.2, 0.25) is 5.95 Å². The molecule has 10 aromatic rings. The molecule has 0 N–H and O–H groups in total. The molecule has 1 aliphatic heterocycles. The second kappa shape index (κ2) is 11.1. The van der Waals surface area contributed by atoms with Crippen LogP contribution in [0.25, 0.3) is 75.0 Å². The molecule has 5 heteroatoms. The molecule has 0 bridgehead atoms. The average Bonchev–Trinajstić information content (AvgIpc) is 3.60. The molecule has 0 atom stereocenters. The van der Waals surface area contributed by atoms with E-state index in [1.54, 1.807) is 12.1 Å². The zero-order valence-corrected chi connectivity index (χ0v) is 28.2. The Bertz CT molecular complexity index is 3130. The molecule has 0 saturated carbocycles. The van der Waals surface area contributed by atoms with Crippen molar-refractivity contribution in [1.82, 2.24) is 9.97 Å². The number of aromatic nitrogens is 2. The number of nitrogens with zero attached hydrogens (tertiary/aromatic N) is 3.